The molecule has 0 saturated carbocycles. The van der Waals surface area contributed by atoms with Crippen LogP contribution in [0.1, 0.15) is 39.6 Å². The van der Waals surface area contributed by atoms with Crippen LogP contribution in [0.3, 0.4) is 0 Å². The number of nitrogens with zero attached hydrogens (tertiary/aromatic N) is 12. The molecule has 0 unspecified atom stereocenters. The first-order valence-electron chi connectivity index (χ1n) is 26.7. The molecule has 7 aromatic rings. The molecule has 1 aliphatic rings. The van der Waals surface area contributed by atoms with E-state index >= 15 is 8.78 Å². The highest BCUT2D eigenvalue weighted by Crippen LogP contribution is 2.39. The lowest BCUT2D eigenvalue weighted by Gasteiger charge is -2.26. The Morgan fingerprint density at radius 1 is 0.706 bits per heavy atom. The number of amides is 2. The van der Waals surface area contributed by atoms with E-state index in [4.69, 9.17) is 26.8 Å². The topological polar surface area (TPSA) is 212 Å². The van der Waals surface area contributed by atoms with Gasteiger partial charge in [-0.25, -0.2) is 47.1 Å². The van der Waals surface area contributed by atoms with E-state index in [0.717, 1.165) is 43.4 Å². The van der Waals surface area contributed by atoms with Crippen molar-refractivity contribution in [2.75, 3.05) is 114 Å². The number of halogens is 5. The summed E-state index contributed by atoms with van der Waals surface area (Å²) in [6.45, 7) is 23.6. The summed E-state index contributed by atoms with van der Waals surface area (Å²) >= 11 is 5.70. The molecule has 4 aromatic carbocycles. The van der Waals surface area contributed by atoms with Crippen LogP contribution in [0.2, 0.25) is 5.28 Å². The van der Waals surface area contributed by atoms with Crippen LogP contribution in [-0.4, -0.2) is 140 Å². The number of hydrogen-bond donors (Lipinski definition) is 4. The molecule has 450 valence electrons. The van der Waals surface area contributed by atoms with Crippen molar-refractivity contribution in [2.24, 2.45) is 4.99 Å². The van der Waals surface area contributed by atoms with Crippen molar-refractivity contribution in [3.8, 4) is 34.0 Å². The summed E-state index contributed by atoms with van der Waals surface area (Å²) in [4.78, 5) is 56.4. The molecule has 0 saturated heterocycles. The Hall–Kier alpha value is -9.00. The summed E-state index contributed by atoms with van der Waals surface area (Å²) < 4.78 is 73.0. The van der Waals surface area contributed by atoms with Crippen LogP contribution < -0.4 is 56.2 Å². The normalized spacial score (nSPS) is 11.6. The molecule has 0 spiro atoms. The number of anilines is 7. The molecule has 1 aliphatic heterocycles. The first kappa shape index (κ1) is 65.2. The van der Waals surface area contributed by atoms with Crippen LogP contribution in [0.25, 0.3) is 33.5 Å². The van der Waals surface area contributed by atoms with E-state index in [2.05, 4.69) is 75.4 Å². The van der Waals surface area contributed by atoms with Crippen LogP contribution in [-0.2, 0) is 9.59 Å². The van der Waals surface area contributed by atoms with Gasteiger partial charge in [-0.2, -0.15) is 0 Å². The van der Waals surface area contributed by atoms with Crippen LogP contribution in [0.5, 0.6) is 11.5 Å². The van der Waals surface area contributed by atoms with Gasteiger partial charge in [0, 0.05) is 69.6 Å². The number of nitrogens with one attached hydrogen (secondary N) is 3. The minimum atomic E-state index is -0.713. The summed E-state index contributed by atoms with van der Waals surface area (Å²) in [5.41, 5.74) is 10.7. The van der Waals surface area contributed by atoms with Crippen LogP contribution in [0.4, 0.5) is 57.6 Å². The Morgan fingerprint density at radius 3 is 1.78 bits per heavy atom. The smallest absolute Gasteiger partial charge is 0.317 e. The standard InChI is InChI=1S/C30H36F2N8O2.C15H12ClF2N4.C15H24N4O2/c1-9-27(41)35-22-14-23(26(42-8)15-24(22)39(7)11-10-38(5)6)36-30-33-16-21(32)28(37-30)19-12-20(31)29-25(13-19)40(17(2)3)18(4)34-29;1-7(2)22-8(3)20-14-10(17)4-9(5-12(14)22)13-11(18)6-19-15(16)21-13;1-6-15(20)17-12-9-11(16)14(21-5)10-13(12)19(4)8-7-18(2)3/h9,12-17H,1,10-11H2,2-8H3,(H,35,41)(H,33,36,37);4-7H,3H2,1-2H3;6,9-10H,1,7-8,16H2,2-5H3,(H,17,20)/q;+1;. The molecule has 0 atom stereocenters. The summed E-state index contributed by atoms with van der Waals surface area (Å²) in [7, 11) is 14.9. The summed E-state index contributed by atoms with van der Waals surface area (Å²) in [6, 6.07) is 12.7. The highest BCUT2D eigenvalue weighted by Gasteiger charge is 2.27. The van der Waals surface area contributed by atoms with E-state index < -0.39 is 23.3 Å². The number of methoxy groups -OCH3 is 2. The number of aryl methyl sites for hydroxylation is 1. The average Bonchev–Trinajstić information content (AvgIpc) is 2.74. The van der Waals surface area contributed by atoms with Gasteiger partial charge in [-0.1, -0.05) is 13.2 Å². The SMILES string of the molecule is C=C1N=c2c(F)cc(-c3nc(Cl)ncc3F)cc2=[N+]1C(C)C.C=CC(=O)Nc1cc(N)c(OC)cc1N(C)CCN(C)C.C=CC(=O)Nc1cc(Nc2ncc(F)c(-c3cc(F)c4nc(C)n(C(C)C)c4c3)n2)c(OC)cc1N(C)CCN(C)C. The third-order valence-electron chi connectivity index (χ3n) is 13.2. The number of carbonyl (C=O) groups excluding carboxylic acids is 2. The van der Waals surface area contributed by atoms with Gasteiger partial charge in [0.25, 0.3) is 5.36 Å². The molecule has 25 heteroatoms. The van der Waals surface area contributed by atoms with E-state index in [1.807, 2.05) is 90.4 Å². The Kier molecular flexibility index (Phi) is 21.9. The first-order valence-corrected chi connectivity index (χ1v) is 27.1. The third-order valence-corrected chi connectivity index (χ3v) is 13.4. The zero-order valence-electron chi connectivity index (χ0n) is 50.0. The van der Waals surface area contributed by atoms with Gasteiger partial charge in [-0.3, -0.25) is 9.59 Å². The number of nitrogen functional groups attached to an aromatic ring is 1. The molecule has 8 rings (SSSR count). The van der Waals surface area contributed by atoms with Gasteiger partial charge in [-0.05, 0) is 135 Å². The fourth-order valence-corrected chi connectivity index (χ4v) is 9.14. The van der Waals surface area contributed by atoms with Crippen molar-refractivity contribution in [3.05, 3.63) is 144 Å². The van der Waals surface area contributed by atoms with Crippen LogP contribution >= 0.6 is 11.6 Å². The zero-order chi connectivity index (χ0) is 62.7. The fourth-order valence-electron chi connectivity index (χ4n) is 9.01. The van der Waals surface area contributed by atoms with Gasteiger partial charge in [0.05, 0.1) is 72.3 Å². The molecule has 2 amide bonds. The van der Waals surface area contributed by atoms with Gasteiger partial charge < -0.3 is 55.3 Å². The fraction of sp³-hybridized carbons (Fsp3) is 0.317. The Morgan fingerprint density at radius 2 is 1.24 bits per heavy atom. The van der Waals surface area contributed by atoms with Crippen molar-refractivity contribution < 1.29 is 36.6 Å². The minimum Gasteiger partial charge on any atom is -0.495 e. The molecule has 0 radical (unpaired) electrons. The number of carbonyl (C=O) groups is 2. The number of likely N-dealkylation sites (N-methyl/N-ethyl adjacent to an activating group) is 4. The number of ether oxygens (including phenoxy) is 2. The molecule has 20 nitrogen and oxygen atoms in total. The Balaban J connectivity index is 0.000000226. The van der Waals surface area contributed by atoms with Crippen LogP contribution in [0, 0.1) is 30.2 Å². The monoisotopic (exact) mass is 1190 g/mol. The lowest BCUT2D eigenvalue weighted by molar-refractivity contribution is -0.112. The Labute approximate surface area is 496 Å². The second-order valence-corrected chi connectivity index (χ2v) is 21.0. The Bertz CT molecular complexity index is 3800. The second kappa shape index (κ2) is 28.5. The average molecular weight is 1190 g/mol. The van der Waals surface area contributed by atoms with E-state index in [0.29, 0.717) is 63.3 Å². The maximum atomic E-state index is 15.1. The molecule has 4 heterocycles. The highest BCUT2D eigenvalue weighted by molar-refractivity contribution is 6.28. The highest BCUT2D eigenvalue weighted by atomic mass is 35.5. The minimum absolute atomic E-state index is 0.0188. The molecule has 85 heavy (non-hydrogen) atoms. The second-order valence-electron chi connectivity index (χ2n) is 20.6. The lowest BCUT2D eigenvalue weighted by atomic mass is 10.1. The van der Waals surface area contributed by atoms with Crippen molar-refractivity contribution >= 4 is 74.5 Å². The van der Waals surface area contributed by atoms with Gasteiger partial charge in [0.2, 0.25) is 23.0 Å². The van der Waals surface area contributed by atoms with Gasteiger partial charge in [0.15, 0.2) is 28.6 Å². The molecule has 5 N–H and O–H groups in total. The van der Waals surface area contributed by atoms with E-state index in [1.54, 1.807) is 48.9 Å². The molecule has 0 bridgehead atoms. The molecule has 0 fully saturated rings. The zero-order valence-corrected chi connectivity index (χ0v) is 50.8. The van der Waals surface area contributed by atoms with E-state index in [9.17, 15) is 18.4 Å². The number of rotatable bonds is 20. The van der Waals surface area contributed by atoms with E-state index in [1.165, 1.54) is 31.4 Å². The van der Waals surface area contributed by atoms with Gasteiger partial charge >= 0.3 is 5.82 Å². The van der Waals surface area contributed by atoms with Gasteiger partial charge in [0.1, 0.15) is 34.2 Å². The largest absolute Gasteiger partial charge is 0.495 e. The number of hydrogen-bond acceptors (Lipinski definition) is 16. The van der Waals surface area contributed by atoms with Crippen molar-refractivity contribution in [1.29, 1.82) is 0 Å². The number of benzene rings is 4. The molecular formula is C60H72ClF4N16O4+. The van der Waals surface area contributed by atoms with Crippen LogP contribution in [0.15, 0.2) is 104 Å². The number of fused-ring (bicyclic) bond motifs is 2. The predicted octanol–water partition coefficient (Wildman–Crippen LogP) is 9.01. The van der Waals surface area contributed by atoms with E-state index in [-0.39, 0.29) is 68.5 Å². The van der Waals surface area contributed by atoms with Crippen molar-refractivity contribution in [1.82, 2.24) is 43.9 Å². The first-order chi connectivity index (χ1) is 40.2. The number of aromatic nitrogens is 6. The quantitative estimate of drug-likeness (QED) is 0.0184. The maximum Gasteiger partial charge on any atom is 0.317 e. The summed E-state index contributed by atoms with van der Waals surface area (Å²) in [6.07, 6.45) is 4.39. The summed E-state index contributed by atoms with van der Waals surface area (Å²) in [5, 5.41) is 9.30. The number of imidazole rings is 1. The third kappa shape index (κ3) is 15.8. The molecular weight excluding hydrogens is 1120 g/mol. The maximum absolute atomic E-state index is 15.1. The van der Waals surface area contributed by atoms with Gasteiger partial charge in [-0.15, -0.1) is 0 Å². The molecule has 3 aromatic heterocycles. The van der Waals surface area contributed by atoms with Crippen molar-refractivity contribution in [3.63, 3.8) is 0 Å². The lowest BCUT2D eigenvalue weighted by Crippen LogP contribution is -2.38. The van der Waals surface area contributed by atoms with Crippen molar-refractivity contribution in [2.45, 2.75) is 46.7 Å². The molecule has 0 aliphatic carbocycles. The predicted molar refractivity (Wildman–Crippen MR) is 329 cm³/mol. The summed E-state index contributed by atoms with van der Waals surface area (Å²) in [5.74, 6) is -1.01. The number of nitrogens with two attached hydrogens (primary N) is 1.